The lowest BCUT2D eigenvalue weighted by Gasteiger charge is -2.13. The summed E-state index contributed by atoms with van der Waals surface area (Å²) >= 11 is 1.56. The quantitative estimate of drug-likeness (QED) is 0.583. The zero-order valence-corrected chi connectivity index (χ0v) is 10.8. The molecule has 0 spiro atoms. The summed E-state index contributed by atoms with van der Waals surface area (Å²) in [5, 5.41) is 23.8. The highest BCUT2D eigenvalue weighted by Gasteiger charge is 2.22. The first kappa shape index (κ1) is 15.0. The van der Waals surface area contributed by atoms with Crippen molar-refractivity contribution < 1.29 is 24.6 Å². The molecule has 8 heteroatoms. The minimum absolute atomic E-state index is 0.353. The molecule has 0 fully saturated rings. The van der Waals surface area contributed by atoms with Crippen LogP contribution < -0.4 is 10.6 Å². The zero-order valence-electron chi connectivity index (χ0n) is 9.96. The van der Waals surface area contributed by atoms with E-state index >= 15 is 0 Å². The molecule has 1 atom stereocenters. The minimum atomic E-state index is -1.43. The molecule has 1 heterocycles. The normalized spacial score (nSPS) is 11.6. The van der Waals surface area contributed by atoms with E-state index in [9.17, 15) is 14.4 Å². The van der Waals surface area contributed by atoms with Gasteiger partial charge in [-0.2, -0.15) is 0 Å². The third-order valence-corrected chi connectivity index (χ3v) is 3.16. The summed E-state index contributed by atoms with van der Waals surface area (Å²) in [6, 6.07) is 1.70. The number of carboxylic acids is 2. The van der Waals surface area contributed by atoms with E-state index in [-0.39, 0.29) is 0 Å². The third-order valence-electron chi connectivity index (χ3n) is 2.22. The van der Waals surface area contributed by atoms with Crippen LogP contribution in [0.4, 0.5) is 4.79 Å². The van der Waals surface area contributed by atoms with Gasteiger partial charge in [-0.05, 0) is 17.9 Å². The molecule has 1 rings (SSSR count). The highest BCUT2D eigenvalue weighted by molar-refractivity contribution is 7.09. The van der Waals surface area contributed by atoms with Gasteiger partial charge in [0.2, 0.25) is 0 Å². The summed E-state index contributed by atoms with van der Waals surface area (Å²) in [5.74, 6) is -2.66. The molecular formula is C11H14N2O5S. The Labute approximate surface area is 113 Å². The molecule has 0 bridgehead atoms. The lowest BCUT2D eigenvalue weighted by Crippen LogP contribution is -2.47. The fraction of sp³-hybridized carbons (Fsp3) is 0.364. The molecule has 0 aromatic carbocycles. The van der Waals surface area contributed by atoms with Crippen LogP contribution in [0.25, 0.3) is 0 Å². The predicted octanol–water partition coefficient (Wildman–Crippen LogP) is 0.518. The SMILES string of the molecule is O=C(O)CC(NC(=O)NCCc1cccs1)C(=O)O. The molecule has 19 heavy (non-hydrogen) atoms. The Morgan fingerprint density at radius 2 is 2.05 bits per heavy atom. The molecule has 0 radical (unpaired) electrons. The van der Waals surface area contributed by atoms with E-state index in [1.54, 1.807) is 11.3 Å². The molecule has 104 valence electrons. The van der Waals surface area contributed by atoms with Crippen LogP contribution in [0.2, 0.25) is 0 Å². The molecule has 7 nitrogen and oxygen atoms in total. The second-order valence-electron chi connectivity index (χ2n) is 3.72. The monoisotopic (exact) mass is 286 g/mol. The Balaban J connectivity index is 2.32. The maximum absolute atomic E-state index is 11.4. The molecule has 1 unspecified atom stereocenters. The van der Waals surface area contributed by atoms with E-state index in [1.165, 1.54) is 0 Å². The van der Waals surface area contributed by atoms with E-state index in [1.807, 2.05) is 17.5 Å². The van der Waals surface area contributed by atoms with Gasteiger partial charge >= 0.3 is 18.0 Å². The van der Waals surface area contributed by atoms with Gasteiger partial charge in [-0.15, -0.1) is 11.3 Å². The number of hydrogen-bond acceptors (Lipinski definition) is 4. The van der Waals surface area contributed by atoms with Crippen LogP contribution in [0.15, 0.2) is 17.5 Å². The number of urea groups is 1. The molecule has 1 aromatic rings. The summed E-state index contributed by atoms with van der Waals surface area (Å²) in [6.07, 6.45) is -0.0184. The number of carbonyl (C=O) groups excluding carboxylic acids is 1. The van der Waals surface area contributed by atoms with Crippen molar-refractivity contribution in [1.82, 2.24) is 10.6 Å². The first-order chi connectivity index (χ1) is 8.99. The van der Waals surface area contributed by atoms with E-state index < -0.39 is 30.4 Å². The van der Waals surface area contributed by atoms with Crippen LogP contribution in [0.1, 0.15) is 11.3 Å². The van der Waals surface area contributed by atoms with Crippen molar-refractivity contribution in [3.05, 3.63) is 22.4 Å². The summed E-state index contributed by atoms with van der Waals surface area (Å²) in [5.41, 5.74) is 0. The van der Waals surface area contributed by atoms with Crippen molar-refractivity contribution in [2.45, 2.75) is 18.9 Å². The highest BCUT2D eigenvalue weighted by atomic mass is 32.1. The average Bonchev–Trinajstić information content (AvgIpc) is 2.80. The number of nitrogens with one attached hydrogen (secondary N) is 2. The van der Waals surface area contributed by atoms with Crippen LogP contribution in [-0.4, -0.2) is 40.8 Å². The van der Waals surface area contributed by atoms with E-state index in [0.29, 0.717) is 13.0 Å². The van der Waals surface area contributed by atoms with Crippen LogP contribution in [0.3, 0.4) is 0 Å². The second kappa shape index (κ2) is 7.37. The Morgan fingerprint density at radius 1 is 1.32 bits per heavy atom. The summed E-state index contributed by atoms with van der Waals surface area (Å²) < 4.78 is 0. The Kier molecular flexibility index (Phi) is 5.80. The lowest BCUT2D eigenvalue weighted by atomic mass is 10.2. The average molecular weight is 286 g/mol. The topological polar surface area (TPSA) is 116 Å². The number of aliphatic carboxylic acids is 2. The summed E-state index contributed by atoms with van der Waals surface area (Å²) in [6.45, 7) is 0.353. The Morgan fingerprint density at radius 3 is 2.58 bits per heavy atom. The molecule has 0 aliphatic carbocycles. The molecule has 2 amide bonds. The number of carbonyl (C=O) groups is 3. The van der Waals surface area contributed by atoms with Crippen molar-refractivity contribution in [2.75, 3.05) is 6.54 Å². The maximum atomic E-state index is 11.4. The van der Waals surface area contributed by atoms with Gasteiger partial charge in [0.1, 0.15) is 6.04 Å². The smallest absolute Gasteiger partial charge is 0.326 e. The Hall–Kier alpha value is -2.09. The first-order valence-electron chi connectivity index (χ1n) is 5.50. The van der Waals surface area contributed by atoms with Gasteiger partial charge in [-0.1, -0.05) is 6.07 Å². The molecular weight excluding hydrogens is 272 g/mol. The molecule has 1 aromatic heterocycles. The van der Waals surface area contributed by atoms with Gasteiger partial charge in [0.05, 0.1) is 6.42 Å². The maximum Gasteiger partial charge on any atom is 0.326 e. The number of thiophene rings is 1. The van der Waals surface area contributed by atoms with Crippen molar-refractivity contribution in [2.24, 2.45) is 0 Å². The zero-order chi connectivity index (χ0) is 14.3. The highest BCUT2D eigenvalue weighted by Crippen LogP contribution is 2.07. The summed E-state index contributed by atoms with van der Waals surface area (Å²) in [4.78, 5) is 33.6. The predicted molar refractivity (Wildman–Crippen MR) is 68.2 cm³/mol. The minimum Gasteiger partial charge on any atom is -0.481 e. The summed E-state index contributed by atoms with van der Waals surface area (Å²) in [7, 11) is 0. The molecule has 0 saturated heterocycles. The van der Waals surface area contributed by atoms with Crippen molar-refractivity contribution in [3.8, 4) is 0 Å². The van der Waals surface area contributed by atoms with Gasteiger partial charge in [-0.25, -0.2) is 9.59 Å². The Bertz CT molecular complexity index is 446. The second-order valence-corrected chi connectivity index (χ2v) is 4.75. The molecule has 0 aliphatic heterocycles. The van der Waals surface area contributed by atoms with E-state index in [0.717, 1.165) is 4.88 Å². The van der Waals surface area contributed by atoms with Crippen LogP contribution in [-0.2, 0) is 16.0 Å². The molecule has 0 aliphatic rings. The standard InChI is InChI=1S/C11H14N2O5S/c14-9(15)6-8(10(16)17)13-11(18)12-4-3-7-2-1-5-19-7/h1-2,5,8H,3-4,6H2,(H,14,15)(H,16,17)(H2,12,13,18). The number of carboxylic acid groups (broad SMARTS) is 2. The van der Waals surface area contributed by atoms with E-state index in [2.05, 4.69) is 10.6 Å². The van der Waals surface area contributed by atoms with Gasteiger partial charge in [0.15, 0.2) is 0 Å². The van der Waals surface area contributed by atoms with Crippen LogP contribution in [0, 0.1) is 0 Å². The van der Waals surface area contributed by atoms with E-state index in [4.69, 9.17) is 10.2 Å². The van der Waals surface area contributed by atoms with Crippen molar-refractivity contribution in [3.63, 3.8) is 0 Å². The van der Waals surface area contributed by atoms with Gasteiger partial charge in [0, 0.05) is 11.4 Å². The number of hydrogen-bond donors (Lipinski definition) is 4. The third kappa shape index (κ3) is 5.87. The van der Waals surface area contributed by atoms with Gasteiger partial charge in [0.25, 0.3) is 0 Å². The fourth-order valence-corrected chi connectivity index (χ4v) is 2.05. The van der Waals surface area contributed by atoms with Crippen LogP contribution in [0.5, 0.6) is 0 Å². The number of rotatable bonds is 7. The molecule has 0 saturated carbocycles. The van der Waals surface area contributed by atoms with Gasteiger partial charge in [-0.3, -0.25) is 4.79 Å². The van der Waals surface area contributed by atoms with Crippen molar-refractivity contribution >= 4 is 29.3 Å². The van der Waals surface area contributed by atoms with Gasteiger partial charge < -0.3 is 20.8 Å². The number of amides is 2. The molecule has 4 N–H and O–H groups in total. The first-order valence-corrected chi connectivity index (χ1v) is 6.38. The lowest BCUT2D eigenvalue weighted by molar-refractivity contribution is -0.145. The fourth-order valence-electron chi connectivity index (χ4n) is 1.34. The van der Waals surface area contributed by atoms with Crippen molar-refractivity contribution in [1.29, 1.82) is 0 Å². The largest absolute Gasteiger partial charge is 0.481 e. The van der Waals surface area contributed by atoms with Crippen LogP contribution >= 0.6 is 11.3 Å².